The lowest BCUT2D eigenvalue weighted by molar-refractivity contribution is 0.102. The summed E-state index contributed by atoms with van der Waals surface area (Å²) < 4.78 is 2.22. The van der Waals surface area contributed by atoms with E-state index in [1.165, 1.54) is 12.8 Å². The summed E-state index contributed by atoms with van der Waals surface area (Å²) in [5.41, 5.74) is 2.37. The van der Waals surface area contributed by atoms with E-state index in [1.54, 1.807) is 0 Å². The van der Waals surface area contributed by atoms with Crippen LogP contribution in [0.2, 0.25) is 0 Å². The number of nitrogens with zero attached hydrogens (tertiary/aromatic N) is 3. The highest BCUT2D eigenvalue weighted by molar-refractivity contribution is 6.06. The summed E-state index contributed by atoms with van der Waals surface area (Å²) in [6, 6.07) is 21.7. The maximum Gasteiger partial charge on any atom is 0.255 e. The van der Waals surface area contributed by atoms with Gasteiger partial charge in [-0.1, -0.05) is 48.9 Å². The molecule has 0 aliphatic carbocycles. The minimum absolute atomic E-state index is 0.118. The first-order valence-corrected chi connectivity index (χ1v) is 10.1. The number of fused-ring (bicyclic) bond motifs is 2. The van der Waals surface area contributed by atoms with Crippen LogP contribution < -0.4 is 5.32 Å². The number of amides is 1. The average Bonchev–Trinajstić information content (AvgIpc) is 3.02. The van der Waals surface area contributed by atoms with Crippen LogP contribution in [-0.4, -0.2) is 20.7 Å². The van der Waals surface area contributed by atoms with Gasteiger partial charge in [-0.25, -0.2) is 0 Å². The third-order valence-corrected chi connectivity index (χ3v) is 5.50. The van der Waals surface area contributed by atoms with Crippen LogP contribution in [0.25, 0.3) is 22.2 Å². The molecule has 0 saturated carbocycles. The van der Waals surface area contributed by atoms with Gasteiger partial charge in [0.15, 0.2) is 5.82 Å². The number of anilines is 1. The van der Waals surface area contributed by atoms with Gasteiger partial charge in [0.1, 0.15) is 5.82 Å². The molecule has 1 aromatic heterocycles. The van der Waals surface area contributed by atoms with Crippen LogP contribution in [0, 0.1) is 0 Å². The monoisotopic (exact) mass is 382 g/mol. The first kappa shape index (κ1) is 17.6. The fraction of sp³-hybridized carbons (Fsp3) is 0.208. The van der Waals surface area contributed by atoms with Crippen molar-refractivity contribution < 1.29 is 4.79 Å². The van der Waals surface area contributed by atoms with Gasteiger partial charge >= 0.3 is 0 Å². The summed E-state index contributed by atoms with van der Waals surface area (Å²) in [6.07, 6.45) is 4.52. The zero-order chi connectivity index (χ0) is 19.6. The van der Waals surface area contributed by atoms with Gasteiger partial charge in [-0.05, 0) is 47.9 Å². The van der Waals surface area contributed by atoms with Crippen molar-refractivity contribution in [3.05, 3.63) is 78.1 Å². The maximum atomic E-state index is 12.8. The molecule has 3 aromatic carbocycles. The molecule has 0 saturated heterocycles. The Morgan fingerprint density at radius 1 is 0.862 bits per heavy atom. The van der Waals surface area contributed by atoms with Gasteiger partial charge in [0.2, 0.25) is 0 Å². The second-order valence-electron chi connectivity index (χ2n) is 7.50. The van der Waals surface area contributed by atoms with Crippen molar-refractivity contribution in [3.63, 3.8) is 0 Å². The van der Waals surface area contributed by atoms with Crippen molar-refractivity contribution in [2.75, 3.05) is 5.32 Å². The third-order valence-electron chi connectivity index (χ3n) is 5.50. The number of aryl methyl sites for hydroxylation is 1. The Bertz CT molecular complexity index is 1190. The molecule has 0 fully saturated rings. The Labute approximate surface area is 169 Å². The Morgan fingerprint density at radius 2 is 1.76 bits per heavy atom. The largest absolute Gasteiger partial charge is 0.322 e. The average molecular weight is 382 g/mol. The van der Waals surface area contributed by atoms with Crippen LogP contribution in [0.3, 0.4) is 0 Å². The summed E-state index contributed by atoms with van der Waals surface area (Å²) in [5.74, 6) is 1.82. The van der Waals surface area contributed by atoms with Crippen molar-refractivity contribution >= 4 is 22.4 Å². The fourth-order valence-electron chi connectivity index (χ4n) is 3.97. The van der Waals surface area contributed by atoms with Crippen LogP contribution >= 0.6 is 0 Å². The summed E-state index contributed by atoms with van der Waals surface area (Å²) in [6.45, 7) is 0.950. The second kappa shape index (κ2) is 7.51. The van der Waals surface area contributed by atoms with Crippen LogP contribution in [-0.2, 0) is 13.0 Å². The molecule has 1 aliphatic rings. The number of nitrogens with one attached hydrogen (secondary N) is 1. The van der Waals surface area contributed by atoms with Gasteiger partial charge in [-0.3, -0.25) is 4.79 Å². The molecule has 0 radical (unpaired) electrons. The zero-order valence-corrected chi connectivity index (χ0v) is 16.1. The number of aromatic nitrogens is 3. The summed E-state index contributed by atoms with van der Waals surface area (Å²) in [5, 5.41) is 14.0. The molecule has 0 spiro atoms. The molecule has 0 bridgehead atoms. The molecule has 5 heteroatoms. The number of rotatable bonds is 3. The number of hydrogen-bond acceptors (Lipinski definition) is 3. The third kappa shape index (κ3) is 3.51. The van der Waals surface area contributed by atoms with Crippen LogP contribution in [0.1, 0.15) is 35.4 Å². The van der Waals surface area contributed by atoms with Crippen molar-refractivity contribution in [3.8, 4) is 11.4 Å². The predicted molar refractivity (Wildman–Crippen MR) is 115 cm³/mol. The van der Waals surface area contributed by atoms with Gasteiger partial charge in [0.05, 0.1) is 0 Å². The zero-order valence-electron chi connectivity index (χ0n) is 16.1. The lowest BCUT2D eigenvalue weighted by Gasteiger charge is -2.10. The van der Waals surface area contributed by atoms with E-state index in [-0.39, 0.29) is 5.91 Å². The van der Waals surface area contributed by atoms with Crippen LogP contribution in [0.15, 0.2) is 66.7 Å². The highest BCUT2D eigenvalue weighted by Crippen LogP contribution is 2.25. The van der Waals surface area contributed by atoms with E-state index in [1.807, 2.05) is 66.7 Å². The molecule has 144 valence electrons. The first-order valence-electron chi connectivity index (χ1n) is 10.1. The second-order valence-corrected chi connectivity index (χ2v) is 7.50. The molecule has 1 amide bonds. The highest BCUT2D eigenvalue weighted by Gasteiger charge is 2.16. The number of benzene rings is 3. The summed E-state index contributed by atoms with van der Waals surface area (Å²) >= 11 is 0. The molecule has 1 aliphatic heterocycles. The number of hydrogen-bond donors (Lipinski definition) is 1. The molecule has 1 N–H and O–H groups in total. The van der Waals surface area contributed by atoms with Crippen molar-refractivity contribution in [2.45, 2.75) is 32.2 Å². The number of carbonyl (C=O) groups is 1. The molecule has 5 nitrogen and oxygen atoms in total. The summed E-state index contributed by atoms with van der Waals surface area (Å²) in [4.78, 5) is 12.8. The Hall–Kier alpha value is -3.47. The smallest absolute Gasteiger partial charge is 0.255 e. The van der Waals surface area contributed by atoms with Gasteiger partial charge in [-0.2, -0.15) is 0 Å². The molecular formula is C24H22N4O. The van der Waals surface area contributed by atoms with Gasteiger partial charge in [0, 0.05) is 29.8 Å². The lowest BCUT2D eigenvalue weighted by atomic mass is 10.1. The van der Waals surface area contributed by atoms with Crippen molar-refractivity contribution in [2.24, 2.45) is 0 Å². The highest BCUT2D eigenvalue weighted by atomic mass is 16.1. The summed E-state index contributed by atoms with van der Waals surface area (Å²) in [7, 11) is 0. The molecule has 0 unspecified atom stereocenters. The predicted octanol–water partition coefficient (Wildman–Crippen LogP) is 5.08. The van der Waals surface area contributed by atoms with Crippen molar-refractivity contribution in [1.82, 2.24) is 14.8 Å². The first-order chi connectivity index (χ1) is 14.3. The van der Waals surface area contributed by atoms with E-state index in [4.69, 9.17) is 0 Å². The molecule has 0 atom stereocenters. The van der Waals surface area contributed by atoms with E-state index < -0.39 is 0 Å². The van der Waals surface area contributed by atoms with Gasteiger partial charge in [0.25, 0.3) is 5.91 Å². The standard InChI is InChI=1S/C24H22N4O/c29-24(20-13-12-17-7-3-4-8-18(17)15-20)25-21-10-6-9-19(16-21)23-27-26-22-11-2-1-5-14-28(22)23/h3-4,6-10,12-13,15-16H,1-2,5,11,14H2,(H,25,29). The molecule has 29 heavy (non-hydrogen) atoms. The minimum atomic E-state index is -0.118. The molecule has 2 heterocycles. The molecular weight excluding hydrogens is 360 g/mol. The van der Waals surface area contributed by atoms with Crippen LogP contribution in [0.5, 0.6) is 0 Å². The maximum absolute atomic E-state index is 12.8. The fourth-order valence-corrected chi connectivity index (χ4v) is 3.97. The van der Waals surface area contributed by atoms with Crippen LogP contribution in [0.4, 0.5) is 5.69 Å². The Kier molecular flexibility index (Phi) is 4.56. The Morgan fingerprint density at radius 3 is 2.69 bits per heavy atom. The topological polar surface area (TPSA) is 59.8 Å². The van der Waals surface area contributed by atoms with E-state index in [0.717, 1.165) is 53.1 Å². The van der Waals surface area contributed by atoms with E-state index in [0.29, 0.717) is 5.56 Å². The van der Waals surface area contributed by atoms with Gasteiger partial charge in [-0.15, -0.1) is 10.2 Å². The number of carbonyl (C=O) groups excluding carboxylic acids is 1. The minimum Gasteiger partial charge on any atom is -0.322 e. The normalized spacial score (nSPS) is 13.7. The van der Waals surface area contributed by atoms with E-state index >= 15 is 0 Å². The van der Waals surface area contributed by atoms with Crippen molar-refractivity contribution in [1.29, 1.82) is 0 Å². The van der Waals surface area contributed by atoms with E-state index in [9.17, 15) is 4.79 Å². The quantitative estimate of drug-likeness (QED) is 0.538. The van der Waals surface area contributed by atoms with Gasteiger partial charge < -0.3 is 9.88 Å². The van der Waals surface area contributed by atoms with E-state index in [2.05, 4.69) is 20.1 Å². The molecule has 5 rings (SSSR count). The SMILES string of the molecule is O=C(Nc1cccc(-c2nnc3n2CCCCC3)c1)c1ccc2ccccc2c1. The Balaban J connectivity index is 1.41. The lowest BCUT2D eigenvalue weighted by Crippen LogP contribution is -2.12. The molecule has 4 aromatic rings.